The van der Waals surface area contributed by atoms with E-state index >= 15 is 0 Å². The summed E-state index contributed by atoms with van der Waals surface area (Å²) in [5.74, 6) is -0.199. The Hall–Kier alpha value is -3.47. The Balaban J connectivity index is 1.58. The average Bonchev–Trinajstić information content (AvgIpc) is 2.78. The quantitative estimate of drug-likeness (QED) is 0.275. The van der Waals surface area contributed by atoms with Gasteiger partial charge in [-0.15, -0.1) is 0 Å². The van der Waals surface area contributed by atoms with E-state index < -0.39 is 4.92 Å². The first-order valence-electron chi connectivity index (χ1n) is 9.14. The number of non-ortho nitro benzene ring substituents is 1. The van der Waals surface area contributed by atoms with E-state index in [-0.39, 0.29) is 29.7 Å². The minimum Gasteiger partial charge on any atom is -0.484 e. The van der Waals surface area contributed by atoms with Crippen LogP contribution in [0, 0.1) is 13.7 Å². The Morgan fingerprint density at radius 1 is 1.06 bits per heavy atom. The number of rotatable bonds is 7. The molecular weight excluding hydrogens is 513 g/mol. The molecule has 0 aliphatic rings. The molecular formula is C22H18IN3O5. The third kappa shape index (κ3) is 6.01. The highest BCUT2D eigenvalue weighted by Crippen LogP contribution is 2.22. The predicted molar refractivity (Wildman–Crippen MR) is 126 cm³/mol. The number of anilines is 2. The van der Waals surface area contributed by atoms with Crippen molar-refractivity contribution in [3.63, 3.8) is 0 Å². The van der Waals surface area contributed by atoms with Crippen LogP contribution in [0.3, 0.4) is 0 Å². The maximum Gasteiger partial charge on any atom is 0.270 e. The number of nitro groups is 1. The van der Waals surface area contributed by atoms with Crippen LogP contribution in [0.4, 0.5) is 17.1 Å². The molecule has 31 heavy (non-hydrogen) atoms. The summed E-state index contributed by atoms with van der Waals surface area (Å²) in [6, 6.07) is 19.6. The van der Waals surface area contributed by atoms with Crippen molar-refractivity contribution in [1.29, 1.82) is 0 Å². The van der Waals surface area contributed by atoms with Gasteiger partial charge in [0.15, 0.2) is 6.61 Å². The number of carbonyl (C=O) groups excluding carboxylic acids is 2. The van der Waals surface area contributed by atoms with Crippen molar-refractivity contribution in [2.24, 2.45) is 0 Å². The van der Waals surface area contributed by atoms with E-state index in [0.29, 0.717) is 17.1 Å². The number of nitrogens with zero attached hydrogens (tertiary/aromatic N) is 2. The second-order valence-electron chi connectivity index (χ2n) is 6.51. The van der Waals surface area contributed by atoms with E-state index in [1.54, 1.807) is 31.3 Å². The normalized spacial score (nSPS) is 10.3. The molecule has 158 valence electrons. The van der Waals surface area contributed by atoms with Gasteiger partial charge < -0.3 is 15.0 Å². The molecule has 0 aliphatic heterocycles. The van der Waals surface area contributed by atoms with E-state index in [1.165, 1.54) is 29.2 Å². The summed E-state index contributed by atoms with van der Waals surface area (Å²) in [4.78, 5) is 36.4. The van der Waals surface area contributed by atoms with Gasteiger partial charge in [0.2, 0.25) is 0 Å². The molecule has 1 N–H and O–H groups in total. The predicted octanol–water partition coefficient (Wildman–Crippen LogP) is 4.49. The third-order valence-corrected chi connectivity index (χ3v) is 5.05. The van der Waals surface area contributed by atoms with Gasteiger partial charge in [-0.05, 0) is 77.2 Å². The summed E-state index contributed by atoms with van der Waals surface area (Å²) in [5.41, 5.74) is 1.33. The molecule has 8 nitrogen and oxygen atoms in total. The molecule has 0 bridgehead atoms. The minimum atomic E-state index is -0.544. The summed E-state index contributed by atoms with van der Waals surface area (Å²) in [5, 5.41) is 13.7. The van der Waals surface area contributed by atoms with E-state index in [2.05, 4.69) is 27.9 Å². The van der Waals surface area contributed by atoms with Crippen molar-refractivity contribution in [3.8, 4) is 5.75 Å². The first kappa shape index (κ1) is 22.2. The summed E-state index contributed by atoms with van der Waals surface area (Å²) in [7, 11) is 1.57. The monoisotopic (exact) mass is 531 g/mol. The second kappa shape index (κ2) is 10.0. The van der Waals surface area contributed by atoms with Crippen molar-refractivity contribution in [2.75, 3.05) is 23.9 Å². The molecule has 0 heterocycles. The zero-order valence-corrected chi connectivity index (χ0v) is 18.6. The zero-order chi connectivity index (χ0) is 22.4. The summed E-state index contributed by atoms with van der Waals surface area (Å²) >= 11 is 2.18. The molecule has 3 aromatic rings. The lowest BCUT2D eigenvalue weighted by atomic mass is 10.1. The van der Waals surface area contributed by atoms with E-state index in [9.17, 15) is 19.7 Å². The lowest BCUT2D eigenvalue weighted by Crippen LogP contribution is -2.26. The molecule has 0 radical (unpaired) electrons. The summed E-state index contributed by atoms with van der Waals surface area (Å²) in [6.45, 7) is -0.159. The van der Waals surface area contributed by atoms with E-state index in [1.807, 2.05) is 24.3 Å². The molecule has 0 aliphatic carbocycles. The van der Waals surface area contributed by atoms with Crippen LogP contribution in [0.1, 0.15) is 10.4 Å². The van der Waals surface area contributed by atoms with Gasteiger partial charge in [0.1, 0.15) is 5.75 Å². The first-order valence-corrected chi connectivity index (χ1v) is 10.2. The van der Waals surface area contributed by atoms with Gasteiger partial charge in [-0.2, -0.15) is 0 Å². The van der Waals surface area contributed by atoms with E-state index in [4.69, 9.17) is 4.74 Å². The van der Waals surface area contributed by atoms with Crippen molar-refractivity contribution < 1.29 is 19.2 Å². The summed E-state index contributed by atoms with van der Waals surface area (Å²) < 4.78 is 6.56. The van der Waals surface area contributed by atoms with Crippen LogP contribution in [0.2, 0.25) is 0 Å². The van der Waals surface area contributed by atoms with Crippen LogP contribution in [-0.4, -0.2) is 30.4 Å². The number of amides is 2. The second-order valence-corrected chi connectivity index (χ2v) is 7.75. The Morgan fingerprint density at radius 3 is 2.39 bits per heavy atom. The Labute approximate surface area is 192 Å². The molecule has 3 aromatic carbocycles. The van der Waals surface area contributed by atoms with Gasteiger partial charge in [-0.1, -0.05) is 6.07 Å². The van der Waals surface area contributed by atoms with Gasteiger partial charge in [-0.3, -0.25) is 19.7 Å². The Morgan fingerprint density at radius 2 is 1.74 bits per heavy atom. The lowest BCUT2D eigenvalue weighted by molar-refractivity contribution is -0.384. The number of hydrogen-bond acceptors (Lipinski definition) is 5. The van der Waals surface area contributed by atoms with Crippen LogP contribution in [-0.2, 0) is 4.79 Å². The smallest absolute Gasteiger partial charge is 0.270 e. The van der Waals surface area contributed by atoms with Gasteiger partial charge >= 0.3 is 0 Å². The Kier molecular flexibility index (Phi) is 7.19. The summed E-state index contributed by atoms with van der Waals surface area (Å²) in [6.07, 6.45) is 0. The molecule has 0 saturated heterocycles. The van der Waals surface area contributed by atoms with Gasteiger partial charge in [0, 0.05) is 39.7 Å². The van der Waals surface area contributed by atoms with Gasteiger partial charge in [0.05, 0.1) is 4.92 Å². The van der Waals surface area contributed by atoms with Crippen LogP contribution >= 0.6 is 22.6 Å². The molecule has 0 unspecified atom stereocenters. The maximum absolute atomic E-state index is 12.6. The number of hydrogen-bond donors (Lipinski definition) is 1. The fraction of sp³-hybridized carbons (Fsp3) is 0.0909. The largest absolute Gasteiger partial charge is 0.484 e. The molecule has 3 rings (SSSR count). The number of nitro benzene ring substituents is 1. The maximum atomic E-state index is 12.6. The highest BCUT2D eigenvalue weighted by atomic mass is 127. The molecule has 0 aromatic heterocycles. The molecule has 0 fully saturated rings. The first-order chi connectivity index (χ1) is 14.8. The standard InChI is InChI=1S/C22H18IN3O5/c1-25(22(28)15-3-2-4-19(13-15)26(29)30)18-9-11-20(12-10-18)31-14-21(27)24-17-7-5-16(23)6-8-17/h2-13H,14H2,1H3,(H,24,27). The van der Waals surface area contributed by atoms with Gasteiger partial charge in [-0.25, -0.2) is 0 Å². The van der Waals surface area contributed by atoms with Crippen LogP contribution in [0.15, 0.2) is 72.8 Å². The molecule has 9 heteroatoms. The number of benzene rings is 3. The number of ether oxygens (including phenoxy) is 1. The molecule has 0 spiro atoms. The number of carbonyl (C=O) groups is 2. The fourth-order valence-electron chi connectivity index (χ4n) is 2.71. The fourth-order valence-corrected chi connectivity index (χ4v) is 3.07. The number of halogens is 1. The van der Waals surface area contributed by atoms with Crippen molar-refractivity contribution in [1.82, 2.24) is 0 Å². The van der Waals surface area contributed by atoms with Crippen molar-refractivity contribution in [2.45, 2.75) is 0 Å². The minimum absolute atomic E-state index is 0.147. The highest BCUT2D eigenvalue weighted by molar-refractivity contribution is 14.1. The highest BCUT2D eigenvalue weighted by Gasteiger charge is 2.16. The number of nitrogens with one attached hydrogen (secondary N) is 1. The SMILES string of the molecule is CN(C(=O)c1cccc([N+](=O)[O-])c1)c1ccc(OCC(=O)Nc2ccc(I)cc2)cc1. The van der Waals surface area contributed by atoms with Crippen molar-refractivity contribution in [3.05, 3.63) is 92.0 Å². The molecule has 0 atom stereocenters. The average molecular weight is 531 g/mol. The van der Waals surface area contributed by atoms with Gasteiger partial charge in [0.25, 0.3) is 17.5 Å². The van der Waals surface area contributed by atoms with E-state index in [0.717, 1.165) is 3.57 Å². The zero-order valence-electron chi connectivity index (χ0n) is 16.4. The third-order valence-electron chi connectivity index (χ3n) is 4.33. The van der Waals surface area contributed by atoms with Crippen LogP contribution in [0.25, 0.3) is 0 Å². The molecule has 0 saturated carbocycles. The Bertz CT molecular complexity index is 1100. The van der Waals surface area contributed by atoms with Crippen LogP contribution < -0.4 is 15.0 Å². The molecule has 2 amide bonds. The van der Waals surface area contributed by atoms with Crippen LogP contribution in [0.5, 0.6) is 5.75 Å². The lowest BCUT2D eigenvalue weighted by Gasteiger charge is -2.18. The topological polar surface area (TPSA) is 102 Å². The van der Waals surface area contributed by atoms with Crippen molar-refractivity contribution >= 4 is 51.5 Å².